The molecule has 1 atom stereocenters. The highest BCUT2D eigenvalue weighted by Gasteiger charge is 2.13. The van der Waals surface area contributed by atoms with Gasteiger partial charge in [-0.1, -0.05) is 205 Å². The lowest BCUT2D eigenvalue weighted by atomic mass is 10.0. The van der Waals surface area contributed by atoms with Crippen LogP contribution >= 0.6 is 0 Å². The Labute approximate surface area is 326 Å². The van der Waals surface area contributed by atoms with Crippen molar-refractivity contribution in [2.24, 2.45) is 0 Å². The first-order valence-corrected chi connectivity index (χ1v) is 23.4. The number of carbonyl (C=O) groups excluding carboxylic acids is 1. The monoisotopic (exact) mass is 733 g/mol. The van der Waals surface area contributed by atoms with Crippen molar-refractivity contribution in [1.82, 2.24) is 0 Å². The normalized spacial score (nSPS) is 12.4. The van der Waals surface area contributed by atoms with E-state index in [0.29, 0.717) is 19.6 Å². The van der Waals surface area contributed by atoms with Gasteiger partial charge in [0.2, 0.25) is 0 Å². The number of hydrogen-bond acceptors (Lipinski definition) is 4. The zero-order valence-corrected chi connectivity index (χ0v) is 35.3. The first-order valence-electron chi connectivity index (χ1n) is 23.4. The van der Waals surface area contributed by atoms with Crippen LogP contribution in [0.1, 0.15) is 251 Å². The SMILES string of the molecule is CCCCCCCCC/C=C\CCCCCCCC(=O)OC(CO)COCCCCCCCCCCCCCC/C=C\CCCCCCCCCC. The van der Waals surface area contributed by atoms with E-state index in [9.17, 15) is 9.90 Å². The Morgan fingerprint density at radius 2 is 0.750 bits per heavy atom. The summed E-state index contributed by atoms with van der Waals surface area (Å²) in [5, 5.41) is 9.61. The fraction of sp³-hybridized carbons (Fsp3) is 0.896. The number of unbranched alkanes of at least 4 members (excludes halogenated alkanes) is 32. The third-order valence-electron chi connectivity index (χ3n) is 10.5. The molecule has 0 radical (unpaired) electrons. The number of rotatable bonds is 44. The molecule has 0 amide bonds. The number of aliphatic hydroxyl groups excluding tert-OH is 1. The standard InChI is InChI=1S/C48H92O4/c1-3-5-7-9-11-13-15-17-19-21-22-23-24-25-26-27-28-30-32-34-36-38-40-42-44-51-46-47(45-49)52-48(50)43-41-39-37-35-33-31-29-20-18-16-14-12-10-8-6-4-2/h20-22,29,47,49H,3-19,23-28,30-46H2,1-2H3/b22-21-,29-20-. The first-order chi connectivity index (χ1) is 25.7. The van der Waals surface area contributed by atoms with Crippen molar-refractivity contribution in [2.75, 3.05) is 19.8 Å². The summed E-state index contributed by atoms with van der Waals surface area (Å²) in [6, 6.07) is 0. The smallest absolute Gasteiger partial charge is 0.306 e. The molecule has 1 N–H and O–H groups in total. The van der Waals surface area contributed by atoms with Gasteiger partial charge in [-0.25, -0.2) is 0 Å². The molecule has 0 aliphatic heterocycles. The Kier molecular flexibility index (Phi) is 45.0. The number of carbonyl (C=O) groups is 1. The molecule has 1 unspecified atom stereocenters. The highest BCUT2D eigenvalue weighted by molar-refractivity contribution is 5.69. The maximum atomic E-state index is 12.2. The molecule has 0 rings (SSSR count). The third-order valence-corrected chi connectivity index (χ3v) is 10.5. The van der Waals surface area contributed by atoms with Gasteiger partial charge in [-0.2, -0.15) is 0 Å². The van der Waals surface area contributed by atoms with Crippen LogP contribution in [0.2, 0.25) is 0 Å². The van der Waals surface area contributed by atoms with Gasteiger partial charge in [0.15, 0.2) is 0 Å². The summed E-state index contributed by atoms with van der Waals surface area (Å²) in [5.41, 5.74) is 0. The quantitative estimate of drug-likeness (QED) is 0.0385. The predicted octanol–water partition coefficient (Wildman–Crippen LogP) is 15.5. The molecular weight excluding hydrogens is 641 g/mol. The van der Waals surface area contributed by atoms with Crippen molar-refractivity contribution in [2.45, 2.75) is 258 Å². The number of aliphatic hydroxyl groups is 1. The van der Waals surface area contributed by atoms with Crippen LogP contribution in [0.4, 0.5) is 0 Å². The van der Waals surface area contributed by atoms with Crippen molar-refractivity contribution >= 4 is 5.97 Å². The number of allylic oxidation sites excluding steroid dienone is 4. The second kappa shape index (κ2) is 46.0. The van der Waals surface area contributed by atoms with Crippen LogP contribution in [-0.2, 0) is 14.3 Å². The highest BCUT2D eigenvalue weighted by Crippen LogP contribution is 2.15. The van der Waals surface area contributed by atoms with E-state index in [0.717, 1.165) is 19.3 Å². The summed E-state index contributed by atoms with van der Waals surface area (Å²) >= 11 is 0. The van der Waals surface area contributed by atoms with Crippen molar-refractivity contribution in [3.8, 4) is 0 Å². The lowest BCUT2D eigenvalue weighted by Crippen LogP contribution is -2.27. The van der Waals surface area contributed by atoms with Gasteiger partial charge >= 0.3 is 5.97 Å². The minimum Gasteiger partial charge on any atom is -0.457 e. The van der Waals surface area contributed by atoms with Gasteiger partial charge in [0.05, 0.1) is 13.2 Å². The van der Waals surface area contributed by atoms with Crippen LogP contribution in [0.15, 0.2) is 24.3 Å². The van der Waals surface area contributed by atoms with Crippen LogP contribution in [0, 0.1) is 0 Å². The van der Waals surface area contributed by atoms with E-state index in [1.807, 2.05) is 0 Å². The predicted molar refractivity (Wildman–Crippen MR) is 228 cm³/mol. The molecule has 0 aromatic rings. The van der Waals surface area contributed by atoms with Crippen LogP contribution in [0.5, 0.6) is 0 Å². The fourth-order valence-electron chi connectivity index (χ4n) is 6.97. The van der Waals surface area contributed by atoms with Crippen molar-refractivity contribution < 1.29 is 19.4 Å². The number of hydrogen-bond donors (Lipinski definition) is 1. The summed E-state index contributed by atoms with van der Waals surface area (Å²) in [6.07, 6.45) is 56.8. The Bertz CT molecular complexity index is 732. The molecule has 0 aliphatic rings. The third kappa shape index (κ3) is 43.3. The Morgan fingerprint density at radius 3 is 1.10 bits per heavy atom. The fourth-order valence-corrected chi connectivity index (χ4v) is 6.97. The summed E-state index contributed by atoms with van der Waals surface area (Å²) in [7, 11) is 0. The summed E-state index contributed by atoms with van der Waals surface area (Å²) in [6.45, 7) is 5.37. The molecule has 0 saturated carbocycles. The summed E-state index contributed by atoms with van der Waals surface area (Å²) < 4.78 is 11.2. The number of esters is 1. The van der Waals surface area contributed by atoms with Gasteiger partial charge in [0, 0.05) is 13.0 Å². The van der Waals surface area contributed by atoms with Gasteiger partial charge in [-0.15, -0.1) is 0 Å². The van der Waals surface area contributed by atoms with Gasteiger partial charge in [0.1, 0.15) is 6.10 Å². The maximum absolute atomic E-state index is 12.2. The molecular formula is C48H92O4. The van der Waals surface area contributed by atoms with Crippen molar-refractivity contribution in [1.29, 1.82) is 0 Å². The largest absolute Gasteiger partial charge is 0.457 e. The Morgan fingerprint density at radius 1 is 0.442 bits per heavy atom. The molecule has 308 valence electrons. The molecule has 52 heavy (non-hydrogen) atoms. The van der Waals surface area contributed by atoms with Gasteiger partial charge in [0.25, 0.3) is 0 Å². The molecule has 0 saturated heterocycles. The highest BCUT2D eigenvalue weighted by atomic mass is 16.6. The molecule has 0 bridgehead atoms. The minimum absolute atomic E-state index is 0.172. The molecule has 0 aliphatic carbocycles. The van der Waals surface area contributed by atoms with Crippen molar-refractivity contribution in [3.05, 3.63) is 24.3 Å². The second-order valence-electron chi connectivity index (χ2n) is 15.8. The molecule has 4 nitrogen and oxygen atoms in total. The maximum Gasteiger partial charge on any atom is 0.306 e. The average molecular weight is 733 g/mol. The van der Waals surface area contributed by atoms with E-state index in [2.05, 4.69) is 38.2 Å². The van der Waals surface area contributed by atoms with E-state index < -0.39 is 6.10 Å². The van der Waals surface area contributed by atoms with E-state index >= 15 is 0 Å². The van der Waals surface area contributed by atoms with Crippen LogP contribution in [-0.4, -0.2) is 37.0 Å². The van der Waals surface area contributed by atoms with Gasteiger partial charge < -0.3 is 14.6 Å². The molecule has 4 heteroatoms. The topological polar surface area (TPSA) is 55.8 Å². The van der Waals surface area contributed by atoms with E-state index in [4.69, 9.17) is 9.47 Å². The van der Waals surface area contributed by atoms with Gasteiger partial charge in [-0.3, -0.25) is 4.79 Å². The first kappa shape index (κ1) is 50.9. The molecule has 0 spiro atoms. The van der Waals surface area contributed by atoms with Crippen LogP contribution < -0.4 is 0 Å². The van der Waals surface area contributed by atoms with Crippen molar-refractivity contribution in [3.63, 3.8) is 0 Å². The zero-order valence-electron chi connectivity index (χ0n) is 35.3. The minimum atomic E-state index is -0.536. The average Bonchev–Trinajstić information content (AvgIpc) is 3.15. The van der Waals surface area contributed by atoms with Crippen LogP contribution in [0.25, 0.3) is 0 Å². The van der Waals surface area contributed by atoms with Crippen LogP contribution in [0.3, 0.4) is 0 Å². The molecule has 0 aromatic carbocycles. The lowest BCUT2D eigenvalue weighted by molar-refractivity contribution is -0.154. The van der Waals surface area contributed by atoms with E-state index in [1.54, 1.807) is 0 Å². The lowest BCUT2D eigenvalue weighted by Gasteiger charge is -2.15. The zero-order chi connectivity index (χ0) is 37.7. The summed E-state index contributed by atoms with van der Waals surface area (Å²) in [5.74, 6) is -0.205. The van der Waals surface area contributed by atoms with E-state index in [1.165, 1.54) is 212 Å². The molecule has 0 fully saturated rings. The molecule has 0 aromatic heterocycles. The summed E-state index contributed by atoms with van der Waals surface area (Å²) in [4.78, 5) is 12.2. The van der Waals surface area contributed by atoms with Gasteiger partial charge in [-0.05, 0) is 64.2 Å². The Balaban J connectivity index is 3.38. The number of ether oxygens (including phenoxy) is 2. The molecule has 0 heterocycles. The Hall–Kier alpha value is -1.13. The second-order valence-corrected chi connectivity index (χ2v) is 15.8. The van der Waals surface area contributed by atoms with E-state index in [-0.39, 0.29) is 12.6 Å².